The van der Waals surface area contributed by atoms with Gasteiger partial charge in [0.05, 0.1) is 18.8 Å². The summed E-state index contributed by atoms with van der Waals surface area (Å²) in [6, 6.07) is 14.8. The lowest BCUT2D eigenvalue weighted by molar-refractivity contribution is 0.163. The van der Waals surface area contributed by atoms with Gasteiger partial charge in [-0.05, 0) is 49.2 Å². The highest BCUT2D eigenvalue weighted by molar-refractivity contribution is 5.50. The van der Waals surface area contributed by atoms with E-state index < -0.39 is 0 Å². The van der Waals surface area contributed by atoms with Gasteiger partial charge in [-0.15, -0.1) is 0 Å². The second-order valence-corrected chi connectivity index (χ2v) is 5.94. The van der Waals surface area contributed by atoms with Crippen LogP contribution in [-0.2, 0) is 0 Å². The summed E-state index contributed by atoms with van der Waals surface area (Å²) in [6.07, 6.45) is 10.1. The Hall–Kier alpha value is -2.13. The lowest BCUT2D eigenvalue weighted by Crippen LogP contribution is -2.33. The van der Waals surface area contributed by atoms with Crippen LogP contribution in [0.4, 0.5) is 0 Å². The normalized spacial score (nSPS) is 19.1. The van der Waals surface area contributed by atoms with Crippen LogP contribution < -0.4 is 4.74 Å². The first-order valence-electron chi connectivity index (χ1n) is 8.32. The highest BCUT2D eigenvalue weighted by Crippen LogP contribution is 2.29. The topological polar surface area (TPSA) is 25.4 Å². The molecule has 3 rings (SSSR count). The first-order chi connectivity index (χ1) is 11.4. The Morgan fingerprint density at radius 2 is 2.04 bits per heavy atom. The molecule has 3 heteroatoms. The molecule has 1 aromatic heterocycles. The van der Waals surface area contributed by atoms with Crippen molar-refractivity contribution in [2.75, 3.05) is 20.2 Å². The van der Waals surface area contributed by atoms with E-state index in [0.717, 1.165) is 18.8 Å². The average Bonchev–Trinajstić information content (AvgIpc) is 2.63. The van der Waals surface area contributed by atoms with Gasteiger partial charge in [-0.1, -0.05) is 36.8 Å². The van der Waals surface area contributed by atoms with Gasteiger partial charge in [0.2, 0.25) is 0 Å². The predicted molar refractivity (Wildman–Crippen MR) is 94.4 cm³/mol. The van der Waals surface area contributed by atoms with Crippen molar-refractivity contribution in [3.63, 3.8) is 0 Å². The van der Waals surface area contributed by atoms with Gasteiger partial charge in [-0.2, -0.15) is 0 Å². The Morgan fingerprint density at radius 3 is 2.78 bits per heavy atom. The SMILES string of the molecule is COc1ccc(/C=C/CN2CCCC[C@@H]2c2ccccn2)cc1. The fraction of sp³-hybridized carbons (Fsp3) is 0.350. The van der Waals surface area contributed by atoms with E-state index in [4.69, 9.17) is 4.74 Å². The zero-order valence-corrected chi connectivity index (χ0v) is 13.7. The van der Waals surface area contributed by atoms with Crippen molar-refractivity contribution >= 4 is 6.08 Å². The third-order valence-corrected chi connectivity index (χ3v) is 4.41. The van der Waals surface area contributed by atoms with Crippen LogP contribution in [0, 0.1) is 0 Å². The smallest absolute Gasteiger partial charge is 0.118 e. The molecule has 0 unspecified atom stereocenters. The molecule has 1 aromatic carbocycles. The number of methoxy groups -OCH3 is 1. The number of pyridine rings is 1. The first-order valence-corrected chi connectivity index (χ1v) is 8.32. The Balaban J connectivity index is 1.63. The summed E-state index contributed by atoms with van der Waals surface area (Å²) in [4.78, 5) is 7.09. The molecule has 0 amide bonds. The van der Waals surface area contributed by atoms with Crippen molar-refractivity contribution in [1.29, 1.82) is 0 Å². The van der Waals surface area contributed by atoms with Crippen LogP contribution >= 0.6 is 0 Å². The fourth-order valence-electron chi connectivity index (χ4n) is 3.16. The number of rotatable bonds is 5. The van der Waals surface area contributed by atoms with E-state index in [1.165, 1.54) is 30.5 Å². The van der Waals surface area contributed by atoms with Crippen LogP contribution in [0.3, 0.4) is 0 Å². The summed E-state index contributed by atoms with van der Waals surface area (Å²) < 4.78 is 5.19. The summed E-state index contributed by atoms with van der Waals surface area (Å²) in [5.74, 6) is 0.897. The van der Waals surface area contributed by atoms with E-state index >= 15 is 0 Å². The van der Waals surface area contributed by atoms with Crippen molar-refractivity contribution in [1.82, 2.24) is 9.88 Å². The van der Waals surface area contributed by atoms with Gasteiger partial charge in [0, 0.05) is 12.7 Å². The number of hydrogen-bond donors (Lipinski definition) is 0. The van der Waals surface area contributed by atoms with E-state index in [0.29, 0.717) is 6.04 Å². The van der Waals surface area contributed by atoms with Gasteiger partial charge >= 0.3 is 0 Å². The van der Waals surface area contributed by atoms with Crippen LogP contribution in [0.5, 0.6) is 5.75 Å². The molecule has 0 aliphatic carbocycles. The number of nitrogens with zero attached hydrogens (tertiary/aromatic N) is 2. The molecule has 0 N–H and O–H groups in total. The molecule has 23 heavy (non-hydrogen) atoms. The maximum Gasteiger partial charge on any atom is 0.118 e. The number of likely N-dealkylation sites (tertiary alicyclic amines) is 1. The molecular weight excluding hydrogens is 284 g/mol. The van der Waals surface area contributed by atoms with Crippen molar-refractivity contribution in [3.8, 4) is 5.75 Å². The molecule has 0 bridgehead atoms. The van der Waals surface area contributed by atoms with Gasteiger partial charge in [0.25, 0.3) is 0 Å². The van der Waals surface area contributed by atoms with Crippen LogP contribution in [0.1, 0.15) is 36.6 Å². The maximum atomic E-state index is 5.19. The van der Waals surface area contributed by atoms with Crippen molar-refractivity contribution in [2.24, 2.45) is 0 Å². The van der Waals surface area contributed by atoms with E-state index in [-0.39, 0.29) is 0 Å². The Kier molecular flexibility index (Phi) is 5.43. The molecule has 0 radical (unpaired) electrons. The number of benzene rings is 1. The molecule has 1 atom stereocenters. The Morgan fingerprint density at radius 1 is 1.17 bits per heavy atom. The minimum absolute atomic E-state index is 0.450. The molecule has 3 nitrogen and oxygen atoms in total. The molecule has 1 aliphatic rings. The molecule has 120 valence electrons. The van der Waals surface area contributed by atoms with E-state index in [9.17, 15) is 0 Å². The van der Waals surface area contributed by atoms with Crippen LogP contribution in [0.2, 0.25) is 0 Å². The zero-order valence-electron chi connectivity index (χ0n) is 13.7. The second-order valence-electron chi connectivity index (χ2n) is 5.94. The van der Waals surface area contributed by atoms with Gasteiger partial charge < -0.3 is 4.74 Å². The average molecular weight is 308 g/mol. The van der Waals surface area contributed by atoms with Crippen molar-refractivity contribution in [3.05, 3.63) is 66.0 Å². The third-order valence-electron chi connectivity index (χ3n) is 4.41. The van der Waals surface area contributed by atoms with Crippen LogP contribution in [-0.4, -0.2) is 30.1 Å². The fourth-order valence-corrected chi connectivity index (χ4v) is 3.16. The summed E-state index contributed by atoms with van der Waals surface area (Å²) in [5, 5.41) is 0. The first kappa shape index (κ1) is 15.8. The van der Waals surface area contributed by atoms with Gasteiger partial charge in [-0.3, -0.25) is 9.88 Å². The lowest BCUT2D eigenvalue weighted by atomic mass is 9.99. The van der Waals surface area contributed by atoms with Gasteiger partial charge in [-0.25, -0.2) is 0 Å². The van der Waals surface area contributed by atoms with Gasteiger partial charge in [0.1, 0.15) is 5.75 Å². The minimum Gasteiger partial charge on any atom is -0.497 e. The number of hydrogen-bond acceptors (Lipinski definition) is 3. The summed E-state index contributed by atoms with van der Waals surface area (Å²) in [5.41, 5.74) is 2.40. The lowest BCUT2D eigenvalue weighted by Gasteiger charge is -2.34. The second kappa shape index (κ2) is 7.93. The summed E-state index contributed by atoms with van der Waals surface area (Å²) in [6.45, 7) is 2.11. The number of aromatic nitrogens is 1. The molecule has 2 aromatic rings. The molecular formula is C20H24N2O. The quantitative estimate of drug-likeness (QED) is 0.822. The largest absolute Gasteiger partial charge is 0.497 e. The molecule has 1 aliphatic heterocycles. The van der Waals surface area contributed by atoms with Crippen molar-refractivity contribution < 1.29 is 4.74 Å². The highest BCUT2D eigenvalue weighted by atomic mass is 16.5. The molecule has 0 saturated carbocycles. The van der Waals surface area contributed by atoms with Gasteiger partial charge in [0.15, 0.2) is 0 Å². The minimum atomic E-state index is 0.450. The van der Waals surface area contributed by atoms with Crippen molar-refractivity contribution in [2.45, 2.75) is 25.3 Å². The number of piperidine rings is 1. The van der Waals surface area contributed by atoms with Crippen LogP contribution in [0.15, 0.2) is 54.7 Å². The summed E-state index contributed by atoms with van der Waals surface area (Å²) in [7, 11) is 1.69. The monoisotopic (exact) mass is 308 g/mol. The molecule has 1 saturated heterocycles. The molecule has 2 heterocycles. The standard InChI is InChI=1S/C20H24N2O/c1-23-18-12-10-17(11-13-18)7-6-16-22-15-5-3-9-20(22)19-8-2-4-14-21-19/h2,4,6-8,10-14,20H,3,5,9,15-16H2,1H3/b7-6+/t20-/m1/s1. The van der Waals surface area contributed by atoms with E-state index in [1.807, 2.05) is 24.4 Å². The van der Waals surface area contributed by atoms with E-state index in [1.54, 1.807) is 7.11 Å². The third kappa shape index (κ3) is 4.20. The maximum absolute atomic E-state index is 5.19. The zero-order chi connectivity index (χ0) is 15.9. The predicted octanol–water partition coefficient (Wildman–Crippen LogP) is 4.33. The van der Waals surface area contributed by atoms with Crippen LogP contribution in [0.25, 0.3) is 6.08 Å². The Labute approximate surface area is 138 Å². The molecule has 1 fully saturated rings. The highest BCUT2D eigenvalue weighted by Gasteiger charge is 2.23. The summed E-state index contributed by atoms with van der Waals surface area (Å²) >= 11 is 0. The number of ether oxygens (including phenoxy) is 1. The molecule has 0 spiro atoms. The van der Waals surface area contributed by atoms with E-state index in [2.05, 4.69) is 46.3 Å². The Bertz CT molecular complexity index is 622.